The van der Waals surface area contributed by atoms with Gasteiger partial charge in [0.1, 0.15) is 6.10 Å². The highest BCUT2D eigenvalue weighted by atomic mass is 16.4. The van der Waals surface area contributed by atoms with E-state index in [1.54, 1.807) is 0 Å². The van der Waals surface area contributed by atoms with E-state index in [9.17, 15) is 19.8 Å². The molecule has 14 heavy (non-hydrogen) atoms. The van der Waals surface area contributed by atoms with Gasteiger partial charge >= 0.3 is 5.97 Å². The topological polar surface area (TPSA) is 115 Å². The molecule has 1 fully saturated rings. The Balaban J connectivity index is 2.87. The molecule has 80 valence electrons. The second-order valence-corrected chi connectivity index (χ2v) is 3.57. The summed E-state index contributed by atoms with van der Waals surface area (Å²) in [4.78, 5) is 21.7. The summed E-state index contributed by atoms with van der Waals surface area (Å²) in [6.07, 6.45) is -2.30. The van der Waals surface area contributed by atoms with E-state index in [0.29, 0.717) is 0 Å². The van der Waals surface area contributed by atoms with E-state index in [1.807, 2.05) is 0 Å². The van der Waals surface area contributed by atoms with Crippen LogP contribution in [0.2, 0.25) is 0 Å². The number of ketones is 1. The number of aliphatic hydroxyl groups is 3. The van der Waals surface area contributed by atoms with Crippen LogP contribution in [0.5, 0.6) is 0 Å². The number of carboxylic acids is 1. The van der Waals surface area contributed by atoms with E-state index in [1.165, 1.54) is 0 Å². The fourth-order valence-corrected chi connectivity index (χ4v) is 1.60. The summed E-state index contributed by atoms with van der Waals surface area (Å²) in [5, 5.41) is 36.2. The number of aliphatic carboxylic acids is 1. The molecule has 0 bridgehead atoms. The molecule has 1 aliphatic rings. The molecule has 0 aromatic heterocycles. The summed E-state index contributed by atoms with van der Waals surface area (Å²) in [5.41, 5.74) is -2.15. The Hall–Kier alpha value is -0.980. The van der Waals surface area contributed by atoms with Crippen molar-refractivity contribution in [2.24, 2.45) is 5.92 Å². The Bertz CT molecular complexity index is 263. The first kappa shape index (κ1) is 11.1. The highest BCUT2D eigenvalue weighted by Gasteiger charge is 2.48. The molecular weight excluding hydrogens is 192 g/mol. The lowest BCUT2D eigenvalue weighted by Crippen LogP contribution is -2.52. The van der Waals surface area contributed by atoms with Gasteiger partial charge in [-0.1, -0.05) is 0 Å². The average Bonchev–Trinajstić information content (AvgIpc) is 2.11. The predicted octanol–water partition coefficient (Wildman–Crippen LogP) is -1.87. The van der Waals surface area contributed by atoms with Crippen molar-refractivity contribution in [1.29, 1.82) is 0 Å². The van der Waals surface area contributed by atoms with E-state index in [2.05, 4.69) is 0 Å². The number of carbonyl (C=O) groups excluding carboxylic acids is 1. The van der Waals surface area contributed by atoms with Crippen molar-refractivity contribution in [3.63, 3.8) is 0 Å². The highest BCUT2D eigenvalue weighted by molar-refractivity contribution is 5.92. The van der Waals surface area contributed by atoms with Gasteiger partial charge in [-0.3, -0.25) is 4.79 Å². The minimum absolute atomic E-state index is 0.314. The molecule has 1 aliphatic carbocycles. The van der Waals surface area contributed by atoms with Crippen LogP contribution >= 0.6 is 0 Å². The standard InChI is InChI=1S/C8H12O6/c9-3-4-1-8(14,7(12)13)2-5(10)6(4)11/h4,6,9,11,14H,1-3H2,(H,12,13)/t4?,6-,8?/m0/s1. The quantitative estimate of drug-likeness (QED) is 0.419. The van der Waals surface area contributed by atoms with Crippen molar-refractivity contribution in [2.75, 3.05) is 6.61 Å². The van der Waals surface area contributed by atoms with Crippen LogP contribution in [0.15, 0.2) is 0 Å². The smallest absolute Gasteiger partial charge is 0.336 e. The predicted molar refractivity (Wildman–Crippen MR) is 43.4 cm³/mol. The van der Waals surface area contributed by atoms with Crippen LogP contribution in [-0.4, -0.2) is 50.5 Å². The lowest BCUT2D eigenvalue weighted by Gasteiger charge is -2.34. The third kappa shape index (κ3) is 1.77. The van der Waals surface area contributed by atoms with Gasteiger partial charge in [-0.15, -0.1) is 0 Å². The Labute approximate surface area is 79.8 Å². The van der Waals surface area contributed by atoms with E-state index in [4.69, 9.17) is 10.2 Å². The summed E-state index contributed by atoms with van der Waals surface area (Å²) in [7, 11) is 0. The molecule has 1 rings (SSSR count). The van der Waals surface area contributed by atoms with Gasteiger partial charge in [0, 0.05) is 18.9 Å². The molecule has 0 aromatic rings. The van der Waals surface area contributed by atoms with E-state index in [0.717, 1.165) is 0 Å². The molecule has 1 saturated carbocycles. The summed E-state index contributed by atoms with van der Waals surface area (Å²) in [5.74, 6) is -3.16. The molecular formula is C8H12O6. The molecule has 0 radical (unpaired) electrons. The van der Waals surface area contributed by atoms with Crippen LogP contribution in [0.1, 0.15) is 12.8 Å². The van der Waals surface area contributed by atoms with Crippen molar-refractivity contribution in [3.8, 4) is 0 Å². The third-order valence-corrected chi connectivity index (χ3v) is 2.48. The fourth-order valence-electron chi connectivity index (χ4n) is 1.60. The maximum absolute atomic E-state index is 11.1. The zero-order valence-corrected chi connectivity index (χ0v) is 7.38. The monoisotopic (exact) mass is 204 g/mol. The van der Waals surface area contributed by atoms with Gasteiger partial charge < -0.3 is 20.4 Å². The Kier molecular flexibility index (Phi) is 2.89. The SMILES string of the molecule is O=C1CC(O)(C(=O)O)CC(CO)[C@@H]1O. The lowest BCUT2D eigenvalue weighted by atomic mass is 9.76. The van der Waals surface area contributed by atoms with Gasteiger partial charge in [-0.2, -0.15) is 0 Å². The number of carbonyl (C=O) groups is 2. The summed E-state index contributed by atoms with van der Waals surface area (Å²) in [6.45, 7) is -0.525. The van der Waals surface area contributed by atoms with Crippen LogP contribution < -0.4 is 0 Å². The van der Waals surface area contributed by atoms with Crippen LogP contribution in [0.4, 0.5) is 0 Å². The van der Waals surface area contributed by atoms with Gasteiger partial charge in [-0.05, 0) is 6.42 Å². The number of Topliss-reactive ketones (excluding diaryl/α,β-unsaturated/α-hetero) is 1. The highest BCUT2D eigenvalue weighted by Crippen LogP contribution is 2.30. The molecule has 6 heteroatoms. The van der Waals surface area contributed by atoms with Gasteiger partial charge in [0.15, 0.2) is 11.4 Å². The normalized spacial score (nSPS) is 38.4. The summed E-state index contributed by atoms with van der Waals surface area (Å²) >= 11 is 0. The number of aliphatic hydroxyl groups excluding tert-OH is 2. The Morgan fingerprint density at radius 1 is 1.57 bits per heavy atom. The maximum atomic E-state index is 11.1. The lowest BCUT2D eigenvalue weighted by molar-refractivity contribution is -0.173. The van der Waals surface area contributed by atoms with Crippen molar-refractivity contribution in [1.82, 2.24) is 0 Å². The van der Waals surface area contributed by atoms with Crippen LogP contribution in [0.25, 0.3) is 0 Å². The Morgan fingerprint density at radius 2 is 2.14 bits per heavy atom. The minimum atomic E-state index is -2.15. The van der Waals surface area contributed by atoms with Gasteiger partial charge in [0.25, 0.3) is 0 Å². The first-order valence-electron chi connectivity index (χ1n) is 4.18. The summed E-state index contributed by atoms with van der Waals surface area (Å²) in [6, 6.07) is 0. The van der Waals surface area contributed by atoms with Crippen molar-refractivity contribution in [2.45, 2.75) is 24.5 Å². The molecule has 6 nitrogen and oxygen atoms in total. The average molecular weight is 204 g/mol. The van der Waals surface area contributed by atoms with Gasteiger partial charge in [0.05, 0.1) is 0 Å². The first-order chi connectivity index (χ1) is 6.40. The number of hydrogen-bond acceptors (Lipinski definition) is 5. The largest absolute Gasteiger partial charge is 0.479 e. The van der Waals surface area contributed by atoms with Crippen LogP contribution in [0.3, 0.4) is 0 Å². The van der Waals surface area contributed by atoms with Crippen LogP contribution in [-0.2, 0) is 9.59 Å². The van der Waals surface area contributed by atoms with Crippen LogP contribution in [0, 0.1) is 5.92 Å². The molecule has 0 heterocycles. The second-order valence-electron chi connectivity index (χ2n) is 3.57. The molecule has 2 unspecified atom stereocenters. The molecule has 0 amide bonds. The maximum Gasteiger partial charge on any atom is 0.336 e. The zero-order chi connectivity index (χ0) is 10.9. The first-order valence-corrected chi connectivity index (χ1v) is 4.18. The minimum Gasteiger partial charge on any atom is -0.479 e. The van der Waals surface area contributed by atoms with Gasteiger partial charge in [-0.25, -0.2) is 4.79 Å². The van der Waals surface area contributed by atoms with Crippen molar-refractivity contribution >= 4 is 11.8 Å². The molecule has 0 saturated heterocycles. The van der Waals surface area contributed by atoms with E-state index in [-0.39, 0.29) is 6.42 Å². The molecule has 0 aliphatic heterocycles. The summed E-state index contributed by atoms with van der Waals surface area (Å²) < 4.78 is 0. The zero-order valence-electron chi connectivity index (χ0n) is 7.38. The fraction of sp³-hybridized carbons (Fsp3) is 0.750. The molecule has 0 aromatic carbocycles. The number of rotatable bonds is 2. The third-order valence-electron chi connectivity index (χ3n) is 2.48. The number of hydrogen-bond donors (Lipinski definition) is 4. The number of carboxylic acid groups (broad SMARTS) is 1. The van der Waals surface area contributed by atoms with Gasteiger partial charge in [0.2, 0.25) is 0 Å². The molecule has 3 atom stereocenters. The van der Waals surface area contributed by atoms with E-state index >= 15 is 0 Å². The van der Waals surface area contributed by atoms with Crippen molar-refractivity contribution < 1.29 is 30.0 Å². The molecule has 4 N–H and O–H groups in total. The molecule has 0 spiro atoms. The Morgan fingerprint density at radius 3 is 2.57 bits per heavy atom. The van der Waals surface area contributed by atoms with Crippen molar-refractivity contribution in [3.05, 3.63) is 0 Å². The van der Waals surface area contributed by atoms with E-state index < -0.39 is 42.4 Å². The second kappa shape index (κ2) is 3.64.